The van der Waals surface area contributed by atoms with Crippen molar-refractivity contribution in [2.45, 2.75) is 25.1 Å². The molecule has 1 saturated carbocycles. The standard InChI is InChI=1S/C10H10F3NO/c11-10(12,13)7-2-1-3-8(14)9(7)15-6-4-5-6/h1-3,6H,4-5,14H2. The van der Waals surface area contributed by atoms with Crippen molar-refractivity contribution < 1.29 is 17.9 Å². The Kier molecular flexibility index (Phi) is 2.25. The molecule has 0 radical (unpaired) electrons. The fourth-order valence-electron chi connectivity index (χ4n) is 1.26. The molecule has 1 aromatic carbocycles. The third kappa shape index (κ3) is 2.16. The second-order valence-corrected chi connectivity index (χ2v) is 3.54. The fraction of sp³-hybridized carbons (Fsp3) is 0.400. The summed E-state index contributed by atoms with van der Waals surface area (Å²) in [4.78, 5) is 0. The molecule has 2 N–H and O–H groups in total. The van der Waals surface area contributed by atoms with Crippen LogP contribution < -0.4 is 10.5 Å². The van der Waals surface area contributed by atoms with E-state index in [1.165, 1.54) is 12.1 Å². The smallest absolute Gasteiger partial charge is 0.420 e. The van der Waals surface area contributed by atoms with Crippen molar-refractivity contribution in [2.24, 2.45) is 0 Å². The van der Waals surface area contributed by atoms with Gasteiger partial charge in [-0.15, -0.1) is 0 Å². The molecule has 5 heteroatoms. The first kappa shape index (κ1) is 10.1. The summed E-state index contributed by atoms with van der Waals surface area (Å²) in [6.07, 6.45) is -2.92. The van der Waals surface area contributed by atoms with Crippen LogP contribution in [0, 0.1) is 0 Å². The first-order valence-electron chi connectivity index (χ1n) is 4.61. The molecule has 0 aliphatic heterocycles. The molecule has 82 valence electrons. The van der Waals surface area contributed by atoms with Crippen LogP contribution in [-0.2, 0) is 6.18 Å². The van der Waals surface area contributed by atoms with E-state index < -0.39 is 11.7 Å². The minimum absolute atomic E-state index is 0.0386. The van der Waals surface area contributed by atoms with Gasteiger partial charge in [-0.05, 0) is 25.0 Å². The maximum absolute atomic E-state index is 12.6. The van der Waals surface area contributed by atoms with Crippen LogP contribution in [0.15, 0.2) is 18.2 Å². The molecule has 2 nitrogen and oxygen atoms in total. The Balaban J connectivity index is 2.38. The predicted molar refractivity (Wildman–Crippen MR) is 49.5 cm³/mol. The van der Waals surface area contributed by atoms with Crippen LogP contribution in [0.5, 0.6) is 5.75 Å². The summed E-state index contributed by atoms with van der Waals surface area (Å²) in [6.45, 7) is 0. The molecule has 2 rings (SSSR count). The second-order valence-electron chi connectivity index (χ2n) is 3.54. The van der Waals surface area contributed by atoms with Crippen molar-refractivity contribution in [1.82, 2.24) is 0 Å². The summed E-state index contributed by atoms with van der Waals surface area (Å²) < 4.78 is 42.9. The van der Waals surface area contributed by atoms with Crippen LogP contribution in [0.1, 0.15) is 18.4 Å². The topological polar surface area (TPSA) is 35.2 Å². The van der Waals surface area contributed by atoms with Crippen molar-refractivity contribution in [3.05, 3.63) is 23.8 Å². The second kappa shape index (κ2) is 3.32. The summed E-state index contributed by atoms with van der Waals surface area (Å²) in [7, 11) is 0. The van der Waals surface area contributed by atoms with Gasteiger partial charge in [0.15, 0.2) is 5.75 Å². The highest BCUT2D eigenvalue weighted by Gasteiger charge is 2.37. The van der Waals surface area contributed by atoms with Crippen LogP contribution in [-0.4, -0.2) is 6.10 Å². The zero-order chi connectivity index (χ0) is 11.1. The molecule has 0 amide bonds. The Hall–Kier alpha value is -1.39. The maximum atomic E-state index is 12.6. The van der Waals surface area contributed by atoms with Gasteiger partial charge in [0.25, 0.3) is 0 Å². The van der Waals surface area contributed by atoms with Crippen molar-refractivity contribution in [1.29, 1.82) is 0 Å². The molecule has 1 fully saturated rings. The normalized spacial score (nSPS) is 16.5. The predicted octanol–water partition coefficient (Wildman–Crippen LogP) is 2.83. The van der Waals surface area contributed by atoms with Crippen LogP contribution in [0.2, 0.25) is 0 Å². The Morgan fingerprint density at radius 2 is 1.93 bits per heavy atom. The number of para-hydroxylation sites is 1. The SMILES string of the molecule is Nc1cccc(C(F)(F)F)c1OC1CC1. The summed E-state index contributed by atoms with van der Waals surface area (Å²) in [5.41, 5.74) is 4.71. The number of hydrogen-bond acceptors (Lipinski definition) is 2. The Labute approximate surface area is 84.8 Å². The molecule has 0 spiro atoms. The van der Waals surface area contributed by atoms with Gasteiger partial charge in [0.2, 0.25) is 0 Å². The molecule has 0 heterocycles. The third-order valence-corrected chi connectivity index (χ3v) is 2.16. The van der Waals surface area contributed by atoms with Crippen LogP contribution in [0.3, 0.4) is 0 Å². The third-order valence-electron chi connectivity index (χ3n) is 2.16. The molecular weight excluding hydrogens is 207 g/mol. The Morgan fingerprint density at radius 1 is 1.27 bits per heavy atom. The average molecular weight is 217 g/mol. The zero-order valence-corrected chi connectivity index (χ0v) is 7.84. The lowest BCUT2D eigenvalue weighted by Gasteiger charge is -2.15. The number of rotatable bonds is 2. The number of alkyl halides is 3. The highest BCUT2D eigenvalue weighted by molar-refractivity contribution is 5.57. The van der Waals surface area contributed by atoms with Gasteiger partial charge < -0.3 is 10.5 Å². The number of anilines is 1. The monoisotopic (exact) mass is 217 g/mol. The van der Waals surface area contributed by atoms with E-state index in [1.807, 2.05) is 0 Å². The van der Waals surface area contributed by atoms with Crippen LogP contribution in [0.25, 0.3) is 0 Å². The molecule has 0 bridgehead atoms. The molecule has 15 heavy (non-hydrogen) atoms. The van der Waals surface area contributed by atoms with E-state index in [-0.39, 0.29) is 17.5 Å². The van der Waals surface area contributed by atoms with Crippen molar-refractivity contribution in [3.8, 4) is 5.75 Å². The minimum atomic E-state index is -4.42. The Morgan fingerprint density at radius 3 is 2.47 bits per heavy atom. The number of ether oxygens (including phenoxy) is 1. The summed E-state index contributed by atoms with van der Waals surface area (Å²) >= 11 is 0. The van der Waals surface area contributed by atoms with E-state index in [1.54, 1.807) is 0 Å². The van der Waals surface area contributed by atoms with E-state index >= 15 is 0 Å². The number of hydrogen-bond donors (Lipinski definition) is 1. The fourth-order valence-corrected chi connectivity index (χ4v) is 1.26. The van der Waals surface area contributed by atoms with E-state index in [4.69, 9.17) is 10.5 Å². The maximum Gasteiger partial charge on any atom is 0.420 e. The lowest BCUT2D eigenvalue weighted by atomic mass is 10.1. The molecule has 0 saturated heterocycles. The zero-order valence-electron chi connectivity index (χ0n) is 7.84. The van der Waals surface area contributed by atoms with E-state index in [9.17, 15) is 13.2 Å². The van der Waals surface area contributed by atoms with Gasteiger partial charge >= 0.3 is 6.18 Å². The average Bonchev–Trinajstić information content (AvgIpc) is 2.90. The van der Waals surface area contributed by atoms with E-state index in [0.717, 1.165) is 18.9 Å². The van der Waals surface area contributed by atoms with E-state index in [0.29, 0.717) is 0 Å². The number of nitrogens with two attached hydrogens (primary N) is 1. The molecule has 1 aliphatic carbocycles. The highest BCUT2D eigenvalue weighted by atomic mass is 19.4. The quantitative estimate of drug-likeness (QED) is 0.773. The van der Waals surface area contributed by atoms with Gasteiger partial charge in [0.1, 0.15) is 0 Å². The molecule has 1 aliphatic rings. The number of halogens is 3. The molecule has 1 aromatic rings. The van der Waals surface area contributed by atoms with Gasteiger partial charge in [-0.2, -0.15) is 13.2 Å². The van der Waals surface area contributed by atoms with Crippen molar-refractivity contribution >= 4 is 5.69 Å². The van der Waals surface area contributed by atoms with Crippen LogP contribution >= 0.6 is 0 Å². The number of nitrogen functional groups attached to an aromatic ring is 1. The lowest BCUT2D eigenvalue weighted by Crippen LogP contribution is -2.11. The Bertz CT molecular complexity index is 371. The molecule has 0 atom stereocenters. The molecular formula is C10H10F3NO. The van der Waals surface area contributed by atoms with Gasteiger partial charge in [0, 0.05) is 0 Å². The van der Waals surface area contributed by atoms with Crippen LogP contribution in [0.4, 0.5) is 18.9 Å². The summed E-state index contributed by atoms with van der Waals surface area (Å²) in [5, 5.41) is 0. The summed E-state index contributed by atoms with van der Waals surface area (Å²) in [5.74, 6) is -0.229. The molecule has 0 unspecified atom stereocenters. The van der Waals surface area contributed by atoms with Gasteiger partial charge in [-0.1, -0.05) is 6.07 Å². The number of benzene rings is 1. The van der Waals surface area contributed by atoms with Gasteiger partial charge in [0.05, 0.1) is 17.4 Å². The largest absolute Gasteiger partial charge is 0.488 e. The summed E-state index contributed by atoms with van der Waals surface area (Å²) in [6, 6.07) is 3.67. The first-order chi connectivity index (χ1) is 6.98. The van der Waals surface area contributed by atoms with Gasteiger partial charge in [-0.3, -0.25) is 0 Å². The lowest BCUT2D eigenvalue weighted by molar-refractivity contribution is -0.138. The highest BCUT2D eigenvalue weighted by Crippen LogP contribution is 2.41. The minimum Gasteiger partial charge on any atom is -0.488 e. The first-order valence-corrected chi connectivity index (χ1v) is 4.61. The van der Waals surface area contributed by atoms with Crippen molar-refractivity contribution in [3.63, 3.8) is 0 Å². The molecule has 0 aromatic heterocycles. The van der Waals surface area contributed by atoms with Gasteiger partial charge in [-0.25, -0.2) is 0 Å². The van der Waals surface area contributed by atoms with E-state index in [2.05, 4.69) is 0 Å². The van der Waals surface area contributed by atoms with Crippen molar-refractivity contribution in [2.75, 3.05) is 5.73 Å².